The number of thioether (sulfide) groups is 1. The van der Waals surface area contributed by atoms with Crippen molar-refractivity contribution in [3.8, 4) is 0 Å². The molecule has 2 N–H and O–H groups in total. The molecular weight excluding hydrogens is 241 g/mol. The first kappa shape index (κ1) is 14.0. The summed E-state index contributed by atoms with van der Waals surface area (Å²) in [6, 6.07) is 6.12. The summed E-state index contributed by atoms with van der Waals surface area (Å²) in [6.07, 6.45) is 0.673. The van der Waals surface area contributed by atoms with E-state index in [0.29, 0.717) is 11.3 Å². The predicted molar refractivity (Wildman–Crippen MR) is 66.4 cm³/mol. The first-order valence-corrected chi connectivity index (χ1v) is 6.43. The fourth-order valence-corrected chi connectivity index (χ4v) is 2.00. The van der Waals surface area contributed by atoms with E-state index in [9.17, 15) is 9.18 Å². The molecule has 1 aromatic carbocycles. The van der Waals surface area contributed by atoms with Gasteiger partial charge in [0.1, 0.15) is 5.82 Å². The molecule has 1 amide bonds. The summed E-state index contributed by atoms with van der Waals surface area (Å²) < 4.78 is 13.2. The Bertz CT molecular complexity index is 369. The van der Waals surface area contributed by atoms with Gasteiger partial charge in [0, 0.05) is 4.90 Å². The first-order chi connectivity index (χ1) is 8.17. The monoisotopic (exact) mass is 257 g/mol. The number of carbonyl (C=O) groups excluding carboxylic acids is 1. The zero-order valence-electron chi connectivity index (χ0n) is 9.65. The number of hydrogen-bond donors (Lipinski definition) is 2. The minimum Gasteiger partial charge on any atom is -0.394 e. The lowest BCUT2D eigenvalue weighted by molar-refractivity contribution is -0.119. The van der Waals surface area contributed by atoms with E-state index in [4.69, 9.17) is 5.11 Å². The van der Waals surface area contributed by atoms with E-state index >= 15 is 0 Å². The number of hydrogen-bond acceptors (Lipinski definition) is 3. The molecule has 0 spiro atoms. The van der Waals surface area contributed by atoms with Crippen molar-refractivity contribution in [1.29, 1.82) is 0 Å². The molecule has 1 atom stereocenters. The van der Waals surface area contributed by atoms with Crippen LogP contribution < -0.4 is 5.32 Å². The number of benzene rings is 1. The van der Waals surface area contributed by atoms with Gasteiger partial charge in [0.25, 0.3) is 0 Å². The van der Waals surface area contributed by atoms with Crippen LogP contribution in [-0.2, 0) is 4.79 Å². The molecule has 1 aromatic rings. The van der Waals surface area contributed by atoms with E-state index in [-0.39, 0.29) is 30.1 Å². The van der Waals surface area contributed by atoms with Gasteiger partial charge < -0.3 is 10.4 Å². The number of rotatable bonds is 6. The molecule has 0 aliphatic rings. The van der Waals surface area contributed by atoms with Gasteiger partial charge in [0.15, 0.2) is 0 Å². The summed E-state index contributed by atoms with van der Waals surface area (Å²) in [5.74, 6) is -0.365. The minimum absolute atomic E-state index is 0.0768. The molecule has 0 bridgehead atoms. The predicted octanol–water partition coefficient (Wildman–Crippen LogP) is 1.80. The number of aliphatic hydroxyl groups excluding tert-OH is 1. The highest BCUT2D eigenvalue weighted by Crippen LogP contribution is 2.20. The Labute approximate surface area is 104 Å². The molecule has 94 valence electrons. The lowest BCUT2D eigenvalue weighted by Gasteiger charge is -2.13. The smallest absolute Gasteiger partial charge is 0.230 e. The molecule has 3 nitrogen and oxygen atoms in total. The third kappa shape index (κ3) is 4.75. The van der Waals surface area contributed by atoms with Crippen molar-refractivity contribution in [3.63, 3.8) is 0 Å². The van der Waals surface area contributed by atoms with Crippen LogP contribution in [0.5, 0.6) is 0 Å². The second-order valence-electron chi connectivity index (χ2n) is 3.57. The molecule has 5 heteroatoms. The zero-order chi connectivity index (χ0) is 12.7. The fourth-order valence-electron chi connectivity index (χ4n) is 1.25. The Morgan fingerprint density at radius 1 is 1.53 bits per heavy atom. The van der Waals surface area contributed by atoms with Crippen LogP contribution in [-0.4, -0.2) is 29.4 Å². The van der Waals surface area contributed by atoms with Crippen LogP contribution in [0.15, 0.2) is 29.2 Å². The molecule has 0 unspecified atom stereocenters. The molecule has 0 saturated carbocycles. The van der Waals surface area contributed by atoms with Crippen LogP contribution in [0.2, 0.25) is 0 Å². The summed E-state index contributed by atoms with van der Waals surface area (Å²) in [7, 11) is 0. The quantitative estimate of drug-likeness (QED) is 0.764. The van der Waals surface area contributed by atoms with Crippen LogP contribution in [0.1, 0.15) is 13.3 Å². The lowest BCUT2D eigenvalue weighted by Crippen LogP contribution is -2.37. The van der Waals surface area contributed by atoms with Crippen LogP contribution in [0.3, 0.4) is 0 Å². The number of carbonyl (C=O) groups is 1. The van der Waals surface area contributed by atoms with Gasteiger partial charge in [-0.1, -0.05) is 19.1 Å². The molecule has 17 heavy (non-hydrogen) atoms. The maximum absolute atomic E-state index is 13.2. The maximum atomic E-state index is 13.2. The second-order valence-corrected chi connectivity index (χ2v) is 4.59. The Balaban J connectivity index is 2.41. The van der Waals surface area contributed by atoms with Gasteiger partial charge in [-0.25, -0.2) is 4.39 Å². The average Bonchev–Trinajstić information content (AvgIpc) is 2.35. The number of nitrogens with one attached hydrogen (secondary N) is 1. The van der Waals surface area contributed by atoms with Gasteiger partial charge in [0.05, 0.1) is 18.4 Å². The highest BCUT2D eigenvalue weighted by Gasteiger charge is 2.10. The summed E-state index contributed by atoms with van der Waals surface area (Å²) in [5, 5.41) is 11.6. The highest BCUT2D eigenvalue weighted by molar-refractivity contribution is 8.00. The van der Waals surface area contributed by atoms with E-state index in [2.05, 4.69) is 5.32 Å². The van der Waals surface area contributed by atoms with Gasteiger partial charge in [-0.3, -0.25) is 4.79 Å². The Hall–Kier alpha value is -1.07. The third-order valence-corrected chi connectivity index (χ3v) is 3.32. The van der Waals surface area contributed by atoms with Crippen molar-refractivity contribution in [2.24, 2.45) is 0 Å². The molecule has 0 fully saturated rings. The number of amides is 1. The van der Waals surface area contributed by atoms with Gasteiger partial charge in [0.2, 0.25) is 5.91 Å². The first-order valence-electron chi connectivity index (χ1n) is 5.45. The lowest BCUT2D eigenvalue weighted by atomic mass is 10.2. The maximum Gasteiger partial charge on any atom is 0.230 e. The Morgan fingerprint density at radius 2 is 2.24 bits per heavy atom. The number of aliphatic hydroxyl groups is 1. The summed E-state index contributed by atoms with van der Waals surface area (Å²) in [4.78, 5) is 11.9. The third-order valence-electron chi connectivity index (χ3n) is 2.27. The second kappa shape index (κ2) is 7.29. The highest BCUT2D eigenvalue weighted by atomic mass is 32.2. The molecule has 0 radical (unpaired) electrons. The SMILES string of the molecule is CC[C@H](CO)NC(=O)CSc1ccccc1F. The molecule has 0 heterocycles. The van der Waals surface area contributed by atoms with E-state index in [1.54, 1.807) is 18.2 Å². The van der Waals surface area contributed by atoms with Crippen molar-refractivity contribution in [3.05, 3.63) is 30.1 Å². The molecule has 0 aliphatic carbocycles. The molecular formula is C12H16FNO2S. The zero-order valence-corrected chi connectivity index (χ0v) is 10.5. The number of halogens is 1. The summed E-state index contributed by atoms with van der Waals surface area (Å²) >= 11 is 1.15. The van der Waals surface area contributed by atoms with E-state index in [1.165, 1.54) is 6.07 Å². The van der Waals surface area contributed by atoms with Crippen molar-refractivity contribution in [1.82, 2.24) is 5.32 Å². The van der Waals surface area contributed by atoms with E-state index < -0.39 is 0 Å². The van der Waals surface area contributed by atoms with Gasteiger partial charge in [-0.15, -0.1) is 11.8 Å². The van der Waals surface area contributed by atoms with E-state index in [1.807, 2.05) is 6.92 Å². The van der Waals surface area contributed by atoms with Crippen molar-refractivity contribution in [2.75, 3.05) is 12.4 Å². The topological polar surface area (TPSA) is 49.3 Å². The molecule has 0 aromatic heterocycles. The standard InChI is InChI=1S/C12H16FNO2S/c1-2-9(7-15)14-12(16)8-17-11-6-4-3-5-10(11)13/h3-6,9,15H,2,7-8H2,1H3,(H,14,16)/t9-/m1/s1. The van der Waals surface area contributed by atoms with Crippen molar-refractivity contribution < 1.29 is 14.3 Å². The minimum atomic E-state index is -0.320. The Kier molecular flexibility index (Phi) is 6.00. The van der Waals surface area contributed by atoms with Gasteiger partial charge >= 0.3 is 0 Å². The Morgan fingerprint density at radius 3 is 2.82 bits per heavy atom. The van der Waals surface area contributed by atoms with Crippen LogP contribution in [0.25, 0.3) is 0 Å². The van der Waals surface area contributed by atoms with E-state index in [0.717, 1.165) is 11.8 Å². The van der Waals surface area contributed by atoms with Crippen LogP contribution >= 0.6 is 11.8 Å². The molecule has 1 rings (SSSR count). The average molecular weight is 257 g/mol. The van der Waals surface area contributed by atoms with Crippen LogP contribution in [0.4, 0.5) is 4.39 Å². The summed E-state index contributed by atoms with van der Waals surface area (Å²) in [5.41, 5.74) is 0. The normalized spacial score (nSPS) is 12.2. The van der Waals surface area contributed by atoms with Gasteiger partial charge in [-0.2, -0.15) is 0 Å². The summed E-state index contributed by atoms with van der Waals surface area (Å²) in [6.45, 7) is 1.80. The van der Waals surface area contributed by atoms with Gasteiger partial charge in [-0.05, 0) is 18.6 Å². The molecule has 0 aliphatic heterocycles. The van der Waals surface area contributed by atoms with Crippen molar-refractivity contribution >= 4 is 17.7 Å². The molecule has 0 saturated heterocycles. The fraction of sp³-hybridized carbons (Fsp3) is 0.417. The van der Waals surface area contributed by atoms with Crippen molar-refractivity contribution in [2.45, 2.75) is 24.3 Å². The largest absolute Gasteiger partial charge is 0.394 e. The van der Waals surface area contributed by atoms with Crippen LogP contribution in [0, 0.1) is 5.82 Å².